The molecule has 2 heterocycles. The first kappa shape index (κ1) is 28.3. The third kappa shape index (κ3) is 8.36. The topological polar surface area (TPSA) is 107 Å². The van der Waals surface area contributed by atoms with Crippen molar-refractivity contribution >= 4 is 17.7 Å². The van der Waals surface area contributed by atoms with Crippen LogP contribution in [0.25, 0.3) is 11.3 Å². The maximum Gasteiger partial charge on any atom is 0.243 e. The number of nitrogens with zero attached hydrogens (tertiary/aromatic N) is 2. The van der Waals surface area contributed by atoms with Crippen molar-refractivity contribution in [2.24, 2.45) is 5.92 Å². The van der Waals surface area contributed by atoms with Crippen molar-refractivity contribution in [2.45, 2.75) is 77.8 Å². The highest BCUT2D eigenvalue weighted by atomic mass is 19.1. The first-order valence-corrected chi connectivity index (χ1v) is 13.0. The molecule has 3 amide bonds. The highest BCUT2D eigenvalue weighted by Crippen LogP contribution is 2.23. The van der Waals surface area contributed by atoms with Crippen LogP contribution in [0.15, 0.2) is 24.4 Å². The van der Waals surface area contributed by atoms with Crippen molar-refractivity contribution < 1.29 is 23.2 Å². The molecule has 0 saturated carbocycles. The van der Waals surface area contributed by atoms with E-state index in [2.05, 4.69) is 20.6 Å². The van der Waals surface area contributed by atoms with Gasteiger partial charge < -0.3 is 20.5 Å². The van der Waals surface area contributed by atoms with Gasteiger partial charge in [0.1, 0.15) is 23.5 Å². The smallest absolute Gasteiger partial charge is 0.243 e. The van der Waals surface area contributed by atoms with Crippen LogP contribution < -0.4 is 10.6 Å². The van der Waals surface area contributed by atoms with Gasteiger partial charge in [-0.25, -0.2) is 13.8 Å². The number of carbonyl (C=O) groups excluding carboxylic acids is 3. The van der Waals surface area contributed by atoms with Crippen LogP contribution in [0.5, 0.6) is 0 Å². The lowest BCUT2D eigenvalue weighted by Crippen LogP contribution is -2.48. The second kappa shape index (κ2) is 13.3. The Morgan fingerprint density at radius 1 is 1.03 bits per heavy atom. The van der Waals surface area contributed by atoms with E-state index in [0.29, 0.717) is 30.3 Å². The monoisotopic (exact) mass is 517 g/mol. The van der Waals surface area contributed by atoms with Crippen LogP contribution in [0.3, 0.4) is 0 Å². The van der Waals surface area contributed by atoms with E-state index in [9.17, 15) is 23.2 Å². The molecule has 3 N–H and O–H groups in total. The molecule has 1 aliphatic heterocycles. The van der Waals surface area contributed by atoms with Crippen LogP contribution in [-0.2, 0) is 14.4 Å². The highest BCUT2D eigenvalue weighted by Gasteiger charge is 2.26. The fourth-order valence-corrected chi connectivity index (χ4v) is 4.31. The number of H-pyrrole nitrogens is 1. The molecule has 0 bridgehead atoms. The lowest BCUT2D eigenvalue weighted by molar-refractivity contribution is -0.133. The minimum Gasteiger partial charge on any atom is -0.345 e. The lowest BCUT2D eigenvalue weighted by Gasteiger charge is -2.27. The number of rotatable bonds is 11. The van der Waals surface area contributed by atoms with Gasteiger partial charge in [-0.15, -0.1) is 0 Å². The minimum absolute atomic E-state index is 0.0148. The molecule has 1 aromatic carbocycles. The molecular weight excluding hydrogens is 480 g/mol. The number of likely N-dealkylation sites (tertiary alicyclic amines) is 1. The highest BCUT2D eigenvalue weighted by molar-refractivity contribution is 5.88. The first-order chi connectivity index (χ1) is 17.6. The average Bonchev–Trinajstić information content (AvgIpc) is 3.35. The fourth-order valence-electron chi connectivity index (χ4n) is 4.31. The summed E-state index contributed by atoms with van der Waals surface area (Å²) in [4.78, 5) is 47.4. The second-order valence-electron chi connectivity index (χ2n) is 10.1. The number of halogens is 2. The van der Waals surface area contributed by atoms with Gasteiger partial charge in [-0.2, -0.15) is 0 Å². The summed E-state index contributed by atoms with van der Waals surface area (Å²) in [6, 6.07) is 1.80. The van der Waals surface area contributed by atoms with E-state index in [1.165, 1.54) is 12.3 Å². The molecule has 3 rings (SSSR count). The molecule has 8 nitrogen and oxygen atoms in total. The summed E-state index contributed by atoms with van der Waals surface area (Å²) in [5.41, 5.74) is 0.504. The molecule has 37 heavy (non-hydrogen) atoms. The third-order valence-electron chi connectivity index (χ3n) is 6.54. The molecule has 10 heteroatoms. The Balaban J connectivity index is 1.65. The van der Waals surface area contributed by atoms with Gasteiger partial charge in [-0.1, -0.05) is 13.8 Å². The summed E-state index contributed by atoms with van der Waals surface area (Å²) in [6.45, 7) is 7.20. The number of nitrogens with one attached hydrogen (secondary N) is 3. The summed E-state index contributed by atoms with van der Waals surface area (Å²) in [6.07, 6.45) is 5.81. The Morgan fingerprint density at radius 2 is 1.76 bits per heavy atom. The molecule has 0 aliphatic carbocycles. The summed E-state index contributed by atoms with van der Waals surface area (Å²) in [7, 11) is 0. The standard InChI is InChI=1S/C27H37F2N5O3/c1-17(2)7-11-24(35)32-22(10-12-25(36)34-13-5-4-6-14-34)27(37)31-18(3)26-30-16-23(33-26)20-9-8-19(28)15-21(20)29/h8-9,15-18,22H,4-7,10-14H2,1-3H3,(H,30,33)(H,31,37)(H,32,35)/t18-,22-/m0/s1. The molecule has 2 atom stereocenters. The van der Waals surface area contributed by atoms with E-state index in [1.807, 2.05) is 18.7 Å². The number of hydrogen-bond donors (Lipinski definition) is 3. The normalized spacial score (nSPS) is 15.4. The average molecular weight is 518 g/mol. The van der Waals surface area contributed by atoms with Gasteiger partial charge in [0.05, 0.1) is 17.9 Å². The van der Waals surface area contributed by atoms with Gasteiger partial charge in [0.2, 0.25) is 17.7 Å². The van der Waals surface area contributed by atoms with Crippen molar-refractivity contribution in [3.63, 3.8) is 0 Å². The first-order valence-electron chi connectivity index (χ1n) is 13.0. The van der Waals surface area contributed by atoms with Crippen molar-refractivity contribution in [3.8, 4) is 11.3 Å². The fraction of sp³-hybridized carbons (Fsp3) is 0.556. The summed E-state index contributed by atoms with van der Waals surface area (Å²) < 4.78 is 27.4. The van der Waals surface area contributed by atoms with Gasteiger partial charge in [-0.05, 0) is 57.1 Å². The predicted octanol–water partition coefficient (Wildman–Crippen LogP) is 4.25. The van der Waals surface area contributed by atoms with Crippen LogP contribution in [0.1, 0.15) is 77.6 Å². The third-order valence-corrected chi connectivity index (χ3v) is 6.54. The Labute approximate surface area is 216 Å². The molecule has 202 valence electrons. The van der Waals surface area contributed by atoms with Gasteiger partial charge in [0, 0.05) is 37.6 Å². The second-order valence-corrected chi connectivity index (χ2v) is 10.1. The number of imidazole rings is 1. The van der Waals surface area contributed by atoms with E-state index in [4.69, 9.17) is 0 Å². The minimum atomic E-state index is -0.875. The van der Waals surface area contributed by atoms with Crippen LogP contribution >= 0.6 is 0 Å². The molecular formula is C27H37F2N5O3. The van der Waals surface area contributed by atoms with Crippen LogP contribution in [-0.4, -0.2) is 51.7 Å². The van der Waals surface area contributed by atoms with Crippen molar-refractivity contribution in [3.05, 3.63) is 41.9 Å². The molecule has 1 aromatic heterocycles. The number of aromatic amines is 1. The van der Waals surface area contributed by atoms with Crippen molar-refractivity contribution in [1.29, 1.82) is 0 Å². The van der Waals surface area contributed by atoms with E-state index >= 15 is 0 Å². The Hall–Kier alpha value is -3.30. The van der Waals surface area contributed by atoms with E-state index in [1.54, 1.807) is 6.92 Å². The Bertz CT molecular complexity index is 1080. The number of amides is 3. The summed E-state index contributed by atoms with van der Waals surface area (Å²) >= 11 is 0. The molecule has 1 saturated heterocycles. The Kier molecular flexibility index (Phi) is 10.2. The summed E-state index contributed by atoms with van der Waals surface area (Å²) in [5.74, 6) is -1.36. The molecule has 1 aliphatic rings. The molecule has 0 spiro atoms. The van der Waals surface area contributed by atoms with Gasteiger partial charge >= 0.3 is 0 Å². The number of carbonyl (C=O) groups is 3. The molecule has 2 aromatic rings. The lowest BCUT2D eigenvalue weighted by atomic mass is 10.1. The van der Waals surface area contributed by atoms with E-state index in [0.717, 1.165) is 44.5 Å². The van der Waals surface area contributed by atoms with Crippen LogP contribution in [0.2, 0.25) is 0 Å². The number of hydrogen-bond acceptors (Lipinski definition) is 4. The van der Waals surface area contributed by atoms with E-state index in [-0.39, 0.29) is 30.2 Å². The van der Waals surface area contributed by atoms with Gasteiger partial charge in [0.25, 0.3) is 0 Å². The maximum atomic E-state index is 14.2. The van der Waals surface area contributed by atoms with Gasteiger partial charge in [0.15, 0.2) is 0 Å². The number of piperidine rings is 1. The zero-order chi connectivity index (χ0) is 26.9. The van der Waals surface area contributed by atoms with Crippen LogP contribution in [0, 0.1) is 17.6 Å². The Morgan fingerprint density at radius 3 is 2.43 bits per heavy atom. The predicted molar refractivity (Wildman–Crippen MR) is 136 cm³/mol. The van der Waals surface area contributed by atoms with Gasteiger partial charge in [-0.3, -0.25) is 14.4 Å². The molecule has 0 radical (unpaired) electrons. The largest absolute Gasteiger partial charge is 0.345 e. The number of aromatic nitrogens is 2. The van der Waals surface area contributed by atoms with Crippen molar-refractivity contribution in [2.75, 3.05) is 13.1 Å². The quantitative estimate of drug-likeness (QED) is 0.414. The zero-order valence-electron chi connectivity index (χ0n) is 21.8. The maximum absolute atomic E-state index is 14.2. The summed E-state index contributed by atoms with van der Waals surface area (Å²) in [5, 5.41) is 5.63. The van der Waals surface area contributed by atoms with E-state index < -0.39 is 29.6 Å². The SMILES string of the molecule is CC(C)CCC(=O)N[C@@H](CCC(=O)N1CCCCC1)C(=O)N[C@@H](C)c1ncc(-c2ccc(F)cc2F)[nH]1. The zero-order valence-corrected chi connectivity index (χ0v) is 21.8. The van der Waals surface area contributed by atoms with Crippen LogP contribution in [0.4, 0.5) is 8.78 Å². The molecule has 0 unspecified atom stereocenters. The molecule has 1 fully saturated rings. The number of benzene rings is 1. The van der Waals surface area contributed by atoms with Crippen molar-refractivity contribution in [1.82, 2.24) is 25.5 Å².